The van der Waals surface area contributed by atoms with Gasteiger partial charge in [0, 0.05) is 19.2 Å². The number of hydrogen-bond donors (Lipinski definition) is 1. The van der Waals surface area contributed by atoms with Gasteiger partial charge in [-0.1, -0.05) is 40.5 Å². The van der Waals surface area contributed by atoms with Gasteiger partial charge in [0.15, 0.2) is 5.75 Å². The van der Waals surface area contributed by atoms with Crippen molar-refractivity contribution < 1.29 is 27.6 Å². The number of carbonyl (C=O) groups excluding carboxylic acids is 1. The van der Waals surface area contributed by atoms with Crippen LogP contribution in [0.25, 0.3) is 11.4 Å². The second-order valence-electron chi connectivity index (χ2n) is 6.07. The lowest BCUT2D eigenvalue weighted by molar-refractivity contribution is -0.137. The molecule has 0 aliphatic heterocycles. The van der Waals surface area contributed by atoms with Crippen molar-refractivity contribution in [2.75, 3.05) is 7.05 Å². The number of halogens is 5. The highest BCUT2D eigenvalue weighted by Gasteiger charge is 2.30. The summed E-state index contributed by atoms with van der Waals surface area (Å²) in [5.74, 6) is -1.22. The Kier molecular flexibility index (Phi) is 5.72. The second-order valence-corrected chi connectivity index (χ2v) is 6.88. The van der Waals surface area contributed by atoms with E-state index in [9.17, 15) is 23.1 Å². The summed E-state index contributed by atoms with van der Waals surface area (Å²) in [6.07, 6.45) is -4.43. The second kappa shape index (κ2) is 7.92. The number of phenols is 1. The van der Waals surface area contributed by atoms with Crippen LogP contribution in [0.4, 0.5) is 13.2 Å². The molecule has 1 heterocycles. The summed E-state index contributed by atoms with van der Waals surface area (Å²) in [4.78, 5) is 17.7. The lowest BCUT2D eigenvalue weighted by atomic mass is 10.1. The molecule has 6 nitrogen and oxygen atoms in total. The van der Waals surface area contributed by atoms with Crippen LogP contribution in [0.3, 0.4) is 0 Å². The van der Waals surface area contributed by atoms with Gasteiger partial charge in [-0.05, 0) is 29.8 Å². The Balaban J connectivity index is 1.74. The van der Waals surface area contributed by atoms with Gasteiger partial charge in [-0.25, -0.2) is 0 Å². The van der Waals surface area contributed by atoms with E-state index in [1.165, 1.54) is 36.2 Å². The largest absolute Gasteiger partial charge is 0.505 e. The molecular formula is C18H12Cl2F3N3O3. The van der Waals surface area contributed by atoms with E-state index in [0.29, 0.717) is 11.1 Å². The standard InChI is InChI=1S/C18H12Cl2F3N3O3/c1-26(8-9-2-4-11(5-3-9)18(21,22)23)17(28)16-24-15(25-29-16)10-6-12(19)14(27)13(20)7-10/h2-7,27H,8H2,1H3. The average molecular weight is 446 g/mol. The molecule has 1 N–H and O–H groups in total. The fraction of sp³-hybridized carbons (Fsp3) is 0.167. The number of hydrogen-bond acceptors (Lipinski definition) is 5. The minimum Gasteiger partial charge on any atom is -0.505 e. The molecule has 29 heavy (non-hydrogen) atoms. The molecule has 2 aromatic carbocycles. The van der Waals surface area contributed by atoms with Crippen molar-refractivity contribution in [3.05, 3.63) is 63.5 Å². The zero-order chi connectivity index (χ0) is 21.3. The number of alkyl halides is 3. The van der Waals surface area contributed by atoms with Crippen molar-refractivity contribution in [2.24, 2.45) is 0 Å². The topological polar surface area (TPSA) is 79.5 Å². The van der Waals surface area contributed by atoms with Crippen molar-refractivity contribution in [1.82, 2.24) is 15.0 Å². The maximum Gasteiger partial charge on any atom is 0.416 e. The van der Waals surface area contributed by atoms with Crippen molar-refractivity contribution in [3.8, 4) is 17.1 Å². The first-order valence-electron chi connectivity index (χ1n) is 8.00. The number of aromatic nitrogens is 2. The zero-order valence-corrected chi connectivity index (χ0v) is 16.2. The highest BCUT2D eigenvalue weighted by molar-refractivity contribution is 6.37. The molecule has 0 fully saturated rings. The van der Waals surface area contributed by atoms with Gasteiger partial charge in [0.25, 0.3) is 0 Å². The maximum atomic E-state index is 12.6. The SMILES string of the molecule is CN(Cc1ccc(C(F)(F)F)cc1)C(=O)c1nc(-c2cc(Cl)c(O)c(Cl)c2)no1. The smallest absolute Gasteiger partial charge is 0.416 e. The third-order valence-electron chi connectivity index (χ3n) is 3.93. The number of amides is 1. The maximum absolute atomic E-state index is 12.6. The summed E-state index contributed by atoms with van der Waals surface area (Å²) in [7, 11) is 1.44. The molecule has 3 rings (SSSR count). The lowest BCUT2D eigenvalue weighted by Crippen LogP contribution is -2.26. The van der Waals surface area contributed by atoms with E-state index in [0.717, 1.165) is 12.1 Å². The first-order chi connectivity index (χ1) is 13.6. The predicted octanol–water partition coefficient (Wildman–Crippen LogP) is 5.04. The van der Waals surface area contributed by atoms with Crippen LogP contribution in [0.1, 0.15) is 21.8 Å². The fourth-order valence-corrected chi connectivity index (χ4v) is 2.92. The summed E-state index contributed by atoms with van der Waals surface area (Å²) in [5.41, 5.74) is 0.0414. The number of carbonyl (C=O) groups is 1. The molecule has 0 aliphatic rings. The Morgan fingerprint density at radius 2 is 1.76 bits per heavy atom. The molecule has 0 aliphatic carbocycles. The Bertz CT molecular complexity index is 1030. The average Bonchev–Trinajstić information content (AvgIpc) is 3.15. The van der Waals surface area contributed by atoms with E-state index in [2.05, 4.69) is 10.1 Å². The summed E-state index contributed by atoms with van der Waals surface area (Å²) in [5, 5.41) is 13.2. The molecule has 0 saturated carbocycles. The molecule has 152 valence electrons. The quantitative estimate of drug-likeness (QED) is 0.608. The third kappa shape index (κ3) is 4.63. The Labute approximate surface area is 172 Å². The Morgan fingerprint density at radius 1 is 1.17 bits per heavy atom. The highest BCUT2D eigenvalue weighted by atomic mass is 35.5. The van der Waals surface area contributed by atoms with Gasteiger partial charge in [0.1, 0.15) is 0 Å². The molecule has 0 unspecified atom stereocenters. The third-order valence-corrected chi connectivity index (χ3v) is 4.51. The van der Waals surface area contributed by atoms with E-state index in [1.54, 1.807) is 0 Å². The predicted molar refractivity (Wildman–Crippen MR) is 98.7 cm³/mol. The molecule has 0 spiro atoms. The molecule has 0 atom stereocenters. The van der Waals surface area contributed by atoms with Crippen molar-refractivity contribution in [1.29, 1.82) is 0 Å². The Morgan fingerprint density at radius 3 is 2.31 bits per heavy atom. The number of aromatic hydroxyl groups is 1. The van der Waals surface area contributed by atoms with Crippen LogP contribution in [0, 0.1) is 0 Å². The monoisotopic (exact) mass is 445 g/mol. The summed E-state index contributed by atoms with van der Waals surface area (Å²) < 4.78 is 42.8. The minimum atomic E-state index is -4.43. The van der Waals surface area contributed by atoms with Gasteiger partial charge in [-0.3, -0.25) is 4.79 Å². The first-order valence-corrected chi connectivity index (χ1v) is 8.75. The molecule has 0 saturated heterocycles. The van der Waals surface area contributed by atoms with Gasteiger partial charge in [0.2, 0.25) is 5.82 Å². The highest BCUT2D eigenvalue weighted by Crippen LogP contribution is 2.35. The van der Waals surface area contributed by atoms with Crippen LogP contribution in [0.15, 0.2) is 40.9 Å². The molecule has 1 aromatic heterocycles. The molecule has 11 heteroatoms. The van der Waals surface area contributed by atoms with Gasteiger partial charge in [0.05, 0.1) is 15.6 Å². The van der Waals surface area contributed by atoms with Crippen molar-refractivity contribution >= 4 is 29.1 Å². The zero-order valence-electron chi connectivity index (χ0n) is 14.7. The molecule has 1 amide bonds. The number of benzene rings is 2. The summed E-state index contributed by atoms with van der Waals surface area (Å²) in [6.45, 7) is 0.0333. The van der Waals surface area contributed by atoms with Gasteiger partial charge in [-0.15, -0.1) is 0 Å². The van der Waals surface area contributed by atoms with E-state index < -0.39 is 17.6 Å². The first kappa shape index (κ1) is 20.9. The van der Waals surface area contributed by atoms with E-state index in [4.69, 9.17) is 27.7 Å². The van der Waals surface area contributed by atoms with Crippen LogP contribution in [-0.4, -0.2) is 33.1 Å². The molecule has 3 aromatic rings. The molecule has 0 radical (unpaired) electrons. The van der Waals surface area contributed by atoms with Crippen molar-refractivity contribution in [2.45, 2.75) is 12.7 Å². The van der Waals surface area contributed by atoms with Crippen LogP contribution < -0.4 is 0 Å². The van der Waals surface area contributed by atoms with Crippen LogP contribution in [-0.2, 0) is 12.7 Å². The number of phenolic OH excluding ortho intramolecular Hbond substituents is 1. The van der Waals surface area contributed by atoms with E-state index in [-0.39, 0.29) is 34.1 Å². The molecule has 0 bridgehead atoms. The molecular weight excluding hydrogens is 434 g/mol. The van der Waals surface area contributed by atoms with E-state index in [1.807, 2.05) is 0 Å². The minimum absolute atomic E-state index is 0.0235. The van der Waals surface area contributed by atoms with Crippen LogP contribution in [0.5, 0.6) is 5.75 Å². The number of nitrogens with zero attached hydrogens (tertiary/aromatic N) is 3. The Hall–Kier alpha value is -2.78. The van der Waals surface area contributed by atoms with Crippen molar-refractivity contribution in [3.63, 3.8) is 0 Å². The summed E-state index contributed by atoms with van der Waals surface area (Å²) >= 11 is 11.7. The van der Waals surface area contributed by atoms with E-state index >= 15 is 0 Å². The lowest BCUT2D eigenvalue weighted by Gasteiger charge is -2.15. The van der Waals surface area contributed by atoms with Crippen LogP contribution >= 0.6 is 23.2 Å². The number of rotatable bonds is 4. The van der Waals surface area contributed by atoms with Gasteiger partial charge < -0.3 is 14.5 Å². The van der Waals surface area contributed by atoms with Crippen LogP contribution in [0.2, 0.25) is 10.0 Å². The van der Waals surface area contributed by atoms with Gasteiger partial charge >= 0.3 is 18.0 Å². The van der Waals surface area contributed by atoms with Gasteiger partial charge in [-0.2, -0.15) is 18.2 Å². The fourth-order valence-electron chi connectivity index (χ4n) is 2.43. The normalized spacial score (nSPS) is 11.5. The summed E-state index contributed by atoms with van der Waals surface area (Å²) in [6, 6.07) is 7.16.